The Labute approximate surface area is 141 Å². The van der Waals surface area contributed by atoms with Crippen LogP contribution in [0.3, 0.4) is 0 Å². The number of aromatic nitrogens is 2. The first-order chi connectivity index (χ1) is 11.7. The highest BCUT2D eigenvalue weighted by Gasteiger charge is 2.05. The lowest BCUT2D eigenvalue weighted by molar-refractivity contribution is 0.415. The smallest absolute Gasteiger partial charge is 0.169 e. The van der Waals surface area contributed by atoms with Gasteiger partial charge >= 0.3 is 0 Å². The van der Waals surface area contributed by atoms with Gasteiger partial charge in [0.1, 0.15) is 17.9 Å². The molecule has 3 aromatic rings. The van der Waals surface area contributed by atoms with Crippen LogP contribution in [0.1, 0.15) is 11.1 Å². The van der Waals surface area contributed by atoms with Crippen molar-refractivity contribution in [1.29, 1.82) is 0 Å². The van der Waals surface area contributed by atoms with Crippen molar-refractivity contribution in [1.82, 2.24) is 9.97 Å². The molecule has 0 bridgehead atoms. The molecule has 0 spiro atoms. The summed E-state index contributed by atoms with van der Waals surface area (Å²) in [7, 11) is -0.270. The molecule has 7 heteroatoms. The number of nitrogens with zero attached hydrogens (tertiary/aromatic N) is 2. The standard InChI is InChI=1S/C17H18N3O3P/c1-23-14-6-7-15-16(8-14)19-11-20-17(15)18-9-12-2-4-13(5-3-12)10-24(21)22/h2-8,11,21-22H,9-10H2,1H3,(H,18,19,20). The minimum atomic E-state index is -1.90. The fourth-order valence-electron chi connectivity index (χ4n) is 2.42. The molecule has 0 radical (unpaired) electrons. The average Bonchev–Trinajstić information content (AvgIpc) is 2.60. The molecule has 1 heterocycles. The Bertz CT molecular complexity index is 825. The van der Waals surface area contributed by atoms with Gasteiger partial charge < -0.3 is 19.8 Å². The number of methoxy groups -OCH3 is 1. The molecule has 6 nitrogen and oxygen atoms in total. The highest BCUT2D eigenvalue weighted by molar-refractivity contribution is 7.44. The van der Waals surface area contributed by atoms with Crippen molar-refractivity contribution in [3.05, 3.63) is 59.9 Å². The predicted molar refractivity (Wildman–Crippen MR) is 94.9 cm³/mol. The highest BCUT2D eigenvalue weighted by Crippen LogP contribution is 2.29. The van der Waals surface area contributed by atoms with Gasteiger partial charge in [-0.15, -0.1) is 0 Å². The maximum absolute atomic E-state index is 9.05. The summed E-state index contributed by atoms with van der Waals surface area (Å²) in [5, 5.41) is 4.25. The second-order valence-electron chi connectivity index (χ2n) is 5.31. The second-order valence-corrected chi connectivity index (χ2v) is 6.37. The van der Waals surface area contributed by atoms with Gasteiger partial charge in [-0.25, -0.2) is 9.97 Å². The van der Waals surface area contributed by atoms with Crippen molar-refractivity contribution >= 4 is 25.1 Å². The van der Waals surface area contributed by atoms with Crippen LogP contribution in [0.2, 0.25) is 0 Å². The van der Waals surface area contributed by atoms with Crippen molar-refractivity contribution in [3.63, 3.8) is 0 Å². The molecule has 3 N–H and O–H groups in total. The molecule has 1 aromatic heterocycles. The summed E-state index contributed by atoms with van der Waals surface area (Å²) < 4.78 is 5.21. The lowest BCUT2D eigenvalue weighted by Crippen LogP contribution is -2.02. The summed E-state index contributed by atoms with van der Waals surface area (Å²) in [5.74, 6) is 1.52. The maximum atomic E-state index is 9.05. The summed E-state index contributed by atoms with van der Waals surface area (Å²) in [4.78, 5) is 26.7. The summed E-state index contributed by atoms with van der Waals surface area (Å²) in [6, 6.07) is 13.4. The Morgan fingerprint density at radius 2 is 1.79 bits per heavy atom. The number of benzene rings is 2. The molecular weight excluding hydrogens is 325 g/mol. The van der Waals surface area contributed by atoms with Crippen LogP contribution in [0, 0.1) is 0 Å². The molecule has 0 atom stereocenters. The summed E-state index contributed by atoms with van der Waals surface area (Å²) in [6.45, 7) is 0.617. The molecular formula is C17H18N3O3P. The fourth-order valence-corrected chi connectivity index (χ4v) is 2.95. The lowest BCUT2D eigenvalue weighted by Gasteiger charge is -2.10. The maximum Gasteiger partial charge on any atom is 0.169 e. The summed E-state index contributed by atoms with van der Waals surface area (Å²) in [6.07, 6.45) is 1.82. The molecule has 0 amide bonds. The van der Waals surface area contributed by atoms with E-state index in [1.165, 1.54) is 6.33 Å². The van der Waals surface area contributed by atoms with E-state index in [1.54, 1.807) is 7.11 Å². The van der Waals surface area contributed by atoms with Gasteiger partial charge in [0.15, 0.2) is 8.38 Å². The molecule has 0 aliphatic carbocycles. The van der Waals surface area contributed by atoms with Crippen molar-refractivity contribution in [2.45, 2.75) is 12.7 Å². The van der Waals surface area contributed by atoms with Crippen LogP contribution >= 0.6 is 8.38 Å². The van der Waals surface area contributed by atoms with E-state index in [0.29, 0.717) is 12.7 Å². The van der Waals surface area contributed by atoms with Crippen LogP contribution in [0.15, 0.2) is 48.8 Å². The zero-order valence-corrected chi connectivity index (χ0v) is 14.1. The summed E-state index contributed by atoms with van der Waals surface area (Å²) in [5.41, 5.74) is 2.81. The molecule has 3 rings (SSSR count). The van der Waals surface area contributed by atoms with E-state index >= 15 is 0 Å². The Morgan fingerprint density at radius 1 is 1.04 bits per heavy atom. The molecule has 0 fully saturated rings. The van der Waals surface area contributed by atoms with E-state index < -0.39 is 8.38 Å². The highest BCUT2D eigenvalue weighted by atomic mass is 31.2. The van der Waals surface area contributed by atoms with E-state index in [4.69, 9.17) is 14.5 Å². The van der Waals surface area contributed by atoms with Crippen LogP contribution < -0.4 is 10.1 Å². The van der Waals surface area contributed by atoms with Gasteiger partial charge in [-0.1, -0.05) is 24.3 Å². The third kappa shape index (κ3) is 3.97. The largest absolute Gasteiger partial charge is 0.497 e. The first-order valence-corrected chi connectivity index (χ1v) is 8.84. The van der Waals surface area contributed by atoms with E-state index in [0.717, 1.165) is 33.6 Å². The van der Waals surface area contributed by atoms with E-state index in [9.17, 15) is 0 Å². The van der Waals surface area contributed by atoms with E-state index in [-0.39, 0.29) is 0 Å². The third-order valence-corrected chi connectivity index (χ3v) is 4.30. The Hall–Kier alpha value is -2.27. The van der Waals surface area contributed by atoms with Gasteiger partial charge in [-0.2, -0.15) is 0 Å². The zero-order chi connectivity index (χ0) is 16.9. The van der Waals surface area contributed by atoms with E-state index in [2.05, 4.69) is 15.3 Å². The minimum Gasteiger partial charge on any atom is -0.497 e. The molecule has 0 aliphatic heterocycles. The van der Waals surface area contributed by atoms with E-state index in [1.807, 2.05) is 42.5 Å². The lowest BCUT2D eigenvalue weighted by atomic mass is 10.1. The molecule has 124 valence electrons. The monoisotopic (exact) mass is 343 g/mol. The van der Waals surface area contributed by atoms with Gasteiger partial charge in [0, 0.05) is 24.2 Å². The van der Waals surface area contributed by atoms with Gasteiger partial charge in [0.25, 0.3) is 0 Å². The number of fused-ring (bicyclic) bond motifs is 1. The van der Waals surface area contributed by atoms with Gasteiger partial charge in [-0.05, 0) is 23.3 Å². The average molecular weight is 343 g/mol. The molecule has 0 saturated heterocycles. The number of ether oxygens (including phenoxy) is 1. The first kappa shape index (κ1) is 16.6. The van der Waals surface area contributed by atoms with Crippen molar-refractivity contribution in [3.8, 4) is 5.75 Å². The number of rotatable bonds is 6. The van der Waals surface area contributed by atoms with Crippen LogP contribution in [-0.4, -0.2) is 26.9 Å². The van der Waals surface area contributed by atoms with Crippen LogP contribution in [0.25, 0.3) is 10.9 Å². The Kier molecular flexibility index (Phi) is 5.20. The normalized spacial score (nSPS) is 11.0. The fraction of sp³-hybridized carbons (Fsp3) is 0.176. The predicted octanol–water partition coefficient (Wildman–Crippen LogP) is 3.05. The van der Waals surface area contributed by atoms with Crippen molar-refractivity contribution in [2.24, 2.45) is 0 Å². The van der Waals surface area contributed by atoms with Crippen LogP contribution in [0.5, 0.6) is 5.75 Å². The Balaban J connectivity index is 1.73. The minimum absolute atomic E-state index is 0.293. The SMILES string of the molecule is COc1ccc2c(NCc3ccc(CP(O)O)cc3)ncnc2c1. The van der Waals surface area contributed by atoms with Gasteiger partial charge in [0.2, 0.25) is 0 Å². The van der Waals surface area contributed by atoms with Crippen molar-refractivity contribution in [2.75, 3.05) is 12.4 Å². The first-order valence-electron chi connectivity index (χ1n) is 7.41. The molecule has 0 unspecified atom stereocenters. The molecule has 0 aliphatic rings. The van der Waals surface area contributed by atoms with Crippen LogP contribution in [-0.2, 0) is 12.7 Å². The van der Waals surface area contributed by atoms with Gasteiger partial charge in [0.05, 0.1) is 12.6 Å². The molecule has 2 aromatic carbocycles. The number of anilines is 1. The number of hydrogen-bond donors (Lipinski definition) is 3. The third-order valence-electron chi connectivity index (χ3n) is 3.65. The second kappa shape index (κ2) is 7.53. The number of hydrogen-bond acceptors (Lipinski definition) is 6. The Morgan fingerprint density at radius 3 is 2.50 bits per heavy atom. The topological polar surface area (TPSA) is 87.5 Å². The zero-order valence-electron chi connectivity index (χ0n) is 13.2. The van der Waals surface area contributed by atoms with Gasteiger partial charge in [-0.3, -0.25) is 0 Å². The molecule has 0 saturated carbocycles. The van der Waals surface area contributed by atoms with Crippen LogP contribution in [0.4, 0.5) is 5.82 Å². The number of nitrogens with one attached hydrogen (secondary N) is 1. The summed E-state index contributed by atoms with van der Waals surface area (Å²) >= 11 is 0. The molecule has 24 heavy (non-hydrogen) atoms. The quantitative estimate of drug-likeness (QED) is 0.596. The van der Waals surface area contributed by atoms with Crippen molar-refractivity contribution < 1.29 is 14.5 Å².